The predicted octanol–water partition coefficient (Wildman–Crippen LogP) is 2.10. The first-order valence-corrected chi connectivity index (χ1v) is 4.33. The zero-order chi connectivity index (χ0) is 10.7. The molecule has 74 valence electrons. The fourth-order valence-electron chi connectivity index (χ4n) is 1.26. The van der Waals surface area contributed by atoms with Crippen LogP contribution in [0.25, 0.3) is 11.3 Å². The van der Waals surface area contributed by atoms with E-state index in [0.29, 0.717) is 12.0 Å². The summed E-state index contributed by atoms with van der Waals surface area (Å²) in [7, 11) is 0. The second kappa shape index (κ2) is 3.96. The van der Waals surface area contributed by atoms with Crippen molar-refractivity contribution in [3.05, 3.63) is 48.2 Å². The van der Waals surface area contributed by atoms with Crippen molar-refractivity contribution in [1.29, 1.82) is 0 Å². The summed E-state index contributed by atoms with van der Waals surface area (Å²) in [4.78, 5) is 18.1. The van der Waals surface area contributed by atoms with Gasteiger partial charge in [-0.2, -0.15) is 4.39 Å². The minimum Gasteiger partial charge on any atom is -0.298 e. The number of hydrogen-bond acceptors (Lipinski definition) is 3. The molecule has 2 rings (SSSR count). The third-order valence-electron chi connectivity index (χ3n) is 1.93. The number of carbonyl (C=O) groups is 1. The standard InChI is InChI=1S/C11H7FN2O/c12-11-6-8(7-15)5-10(14-11)9-1-3-13-4-2-9/h1-7H. The summed E-state index contributed by atoms with van der Waals surface area (Å²) >= 11 is 0. The van der Waals surface area contributed by atoms with Crippen LogP contribution in [0, 0.1) is 5.95 Å². The number of carbonyl (C=O) groups excluding carboxylic acids is 1. The topological polar surface area (TPSA) is 42.9 Å². The van der Waals surface area contributed by atoms with E-state index in [1.54, 1.807) is 24.5 Å². The van der Waals surface area contributed by atoms with Gasteiger partial charge >= 0.3 is 0 Å². The molecule has 2 aromatic heterocycles. The van der Waals surface area contributed by atoms with Gasteiger partial charge in [-0.25, -0.2) is 4.98 Å². The molecule has 3 nitrogen and oxygen atoms in total. The zero-order valence-corrected chi connectivity index (χ0v) is 7.72. The van der Waals surface area contributed by atoms with Gasteiger partial charge in [0, 0.05) is 29.6 Å². The first kappa shape index (κ1) is 9.45. The van der Waals surface area contributed by atoms with Gasteiger partial charge in [-0.05, 0) is 18.2 Å². The van der Waals surface area contributed by atoms with E-state index in [4.69, 9.17) is 0 Å². The Labute approximate surface area is 85.6 Å². The average molecular weight is 202 g/mol. The third kappa shape index (κ3) is 2.04. The van der Waals surface area contributed by atoms with Gasteiger partial charge in [0.1, 0.15) is 6.29 Å². The number of rotatable bonds is 2. The van der Waals surface area contributed by atoms with Crippen molar-refractivity contribution in [2.45, 2.75) is 0 Å². The van der Waals surface area contributed by atoms with E-state index < -0.39 is 5.95 Å². The molecule has 0 unspecified atom stereocenters. The quantitative estimate of drug-likeness (QED) is 0.553. The fraction of sp³-hybridized carbons (Fsp3) is 0. The lowest BCUT2D eigenvalue weighted by molar-refractivity contribution is 0.112. The summed E-state index contributed by atoms with van der Waals surface area (Å²) in [5, 5.41) is 0. The van der Waals surface area contributed by atoms with Gasteiger partial charge in [0.2, 0.25) is 5.95 Å². The highest BCUT2D eigenvalue weighted by molar-refractivity contribution is 5.77. The van der Waals surface area contributed by atoms with Crippen LogP contribution >= 0.6 is 0 Å². The Morgan fingerprint density at radius 1 is 1.20 bits per heavy atom. The van der Waals surface area contributed by atoms with Gasteiger partial charge < -0.3 is 0 Å². The summed E-state index contributed by atoms with van der Waals surface area (Å²) < 4.78 is 13.0. The highest BCUT2D eigenvalue weighted by Crippen LogP contribution is 2.17. The summed E-state index contributed by atoms with van der Waals surface area (Å²) in [6.07, 6.45) is 3.76. The third-order valence-corrected chi connectivity index (χ3v) is 1.93. The number of aromatic nitrogens is 2. The van der Waals surface area contributed by atoms with Crippen LogP contribution < -0.4 is 0 Å². The van der Waals surface area contributed by atoms with Crippen molar-refractivity contribution >= 4 is 6.29 Å². The van der Waals surface area contributed by atoms with E-state index in [0.717, 1.165) is 11.6 Å². The van der Waals surface area contributed by atoms with E-state index in [-0.39, 0.29) is 5.56 Å². The Bertz CT molecular complexity index is 485. The van der Waals surface area contributed by atoms with Gasteiger partial charge in [0.15, 0.2) is 0 Å². The van der Waals surface area contributed by atoms with E-state index in [2.05, 4.69) is 9.97 Å². The van der Waals surface area contributed by atoms with Crippen molar-refractivity contribution in [2.24, 2.45) is 0 Å². The number of pyridine rings is 2. The van der Waals surface area contributed by atoms with Crippen LogP contribution in [0.2, 0.25) is 0 Å². The maximum absolute atomic E-state index is 13.0. The highest BCUT2D eigenvalue weighted by atomic mass is 19.1. The molecular weight excluding hydrogens is 195 g/mol. The molecule has 0 fully saturated rings. The number of nitrogens with zero attached hydrogens (tertiary/aromatic N) is 2. The van der Waals surface area contributed by atoms with Crippen LogP contribution in [0.1, 0.15) is 10.4 Å². The normalized spacial score (nSPS) is 9.93. The van der Waals surface area contributed by atoms with Crippen molar-refractivity contribution < 1.29 is 9.18 Å². The van der Waals surface area contributed by atoms with Crippen LogP contribution in [0.4, 0.5) is 4.39 Å². The maximum Gasteiger partial charge on any atom is 0.214 e. The molecule has 0 aliphatic rings. The van der Waals surface area contributed by atoms with Gasteiger partial charge in [0.05, 0.1) is 5.69 Å². The first-order chi connectivity index (χ1) is 7.29. The fourth-order valence-corrected chi connectivity index (χ4v) is 1.26. The van der Waals surface area contributed by atoms with Crippen LogP contribution in [0.5, 0.6) is 0 Å². The van der Waals surface area contributed by atoms with E-state index in [1.165, 1.54) is 6.07 Å². The Hall–Kier alpha value is -2.10. The van der Waals surface area contributed by atoms with Crippen LogP contribution in [-0.2, 0) is 0 Å². The largest absolute Gasteiger partial charge is 0.298 e. The maximum atomic E-state index is 13.0. The van der Waals surface area contributed by atoms with Crippen LogP contribution in [-0.4, -0.2) is 16.3 Å². The Morgan fingerprint density at radius 2 is 1.93 bits per heavy atom. The lowest BCUT2D eigenvalue weighted by Gasteiger charge is -2.00. The van der Waals surface area contributed by atoms with Crippen molar-refractivity contribution in [2.75, 3.05) is 0 Å². The molecule has 2 heterocycles. The molecule has 15 heavy (non-hydrogen) atoms. The molecule has 0 spiro atoms. The zero-order valence-electron chi connectivity index (χ0n) is 7.72. The minimum absolute atomic E-state index is 0.273. The monoisotopic (exact) mass is 202 g/mol. The number of hydrogen-bond donors (Lipinski definition) is 0. The summed E-state index contributed by atoms with van der Waals surface area (Å²) in [6, 6.07) is 6.04. The molecule has 0 atom stereocenters. The molecule has 0 radical (unpaired) electrons. The summed E-state index contributed by atoms with van der Waals surface area (Å²) in [5.41, 5.74) is 1.43. The Morgan fingerprint density at radius 3 is 2.60 bits per heavy atom. The first-order valence-electron chi connectivity index (χ1n) is 4.33. The van der Waals surface area contributed by atoms with Gasteiger partial charge in [-0.15, -0.1) is 0 Å². The second-order valence-electron chi connectivity index (χ2n) is 2.96. The second-order valence-corrected chi connectivity index (χ2v) is 2.96. The van der Waals surface area contributed by atoms with Crippen molar-refractivity contribution in [3.63, 3.8) is 0 Å². The van der Waals surface area contributed by atoms with Crippen LogP contribution in [0.15, 0.2) is 36.7 Å². The molecule has 0 amide bonds. The molecule has 0 bridgehead atoms. The number of halogens is 1. The molecule has 0 saturated heterocycles. The Kier molecular flexibility index (Phi) is 2.49. The summed E-state index contributed by atoms with van der Waals surface area (Å²) in [6.45, 7) is 0. The molecule has 2 aromatic rings. The highest BCUT2D eigenvalue weighted by Gasteiger charge is 2.03. The molecule has 4 heteroatoms. The van der Waals surface area contributed by atoms with E-state index in [9.17, 15) is 9.18 Å². The van der Waals surface area contributed by atoms with Gasteiger partial charge in [-0.1, -0.05) is 0 Å². The van der Waals surface area contributed by atoms with Gasteiger partial charge in [0.25, 0.3) is 0 Å². The lowest BCUT2D eigenvalue weighted by Crippen LogP contribution is -1.91. The Balaban J connectivity index is 2.53. The predicted molar refractivity (Wildman–Crippen MR) is 52.8 cm³/mol. The molecule has 0 aromatic carbocycles. The molecule has 0 aliphatic carbocycles. The minimum atomic E-state index is -0.661. The number of aldehydes is 1. The molecule has 0 aliphatic heterocycles. The van der Waals surface area contributed by atoms with Gasteiger partial charge in [-0.3, -0.25) is 9.78 Å². The SMILES string of the molecule is O=Cc1cc(F)nc(-c2ccncc2)c1. The molecule has 0 saturated carbocycles. The smallest absolute Gasteiger partial charge is 0.214 e. The van der Waals surface area contributed by atoms with Crippen molar-refractivity contribution in [1.82, 2.24) is 9.97 Å². The lowest BCUT2D eigenvalue weighted by atomic mass is 10.1. The van der Waals surface area contributed by atoms with Crippen molar-refractivity contribution in [3.8, 4) is 11.3 Å². The average Bonchev–Trinajstić information content (AvgIpc) is 2.29. The van der Waals surface area contributed by atoms with E-state index >= 15 is 0 Å². The van der Waals surface area contributed by atoms with E-state index in [1.807, 2.05) is 0 Å². The molecule has 0 N–H and O–H groups in total. The molecular formula is C11H7FN2O. The van der Waals surface area contributed by atoms with Crippen LogP contribution in [0.3, 0.4) is 0 Å². The summed E-state index contributed by atoms with van der Waals surface area (Å²) in [5.74, 6) is -0.661.